The Morgan fingerprint density at radius 1 is 1.12 bits per heavy atom. The second kappa shape index (κ2) is 8.07. The summed E-state index contributed by atoms with van der Waals surface area (Å²) in [6.07, 6.45) is -0.611. The number of hydrogen-bond acceptors (Lipinski definition) is 5. The van der Waals surface area contributed by atoms with E-state index in [1.54, 1.807) is 37.5 Å². The van der Waals surface area contributed by atoms with E-state index in [0.717, 1.165) is 9.75 Å². The van der Waals surface area contributed by atoms with Crippen LogP contribution in [0.15, 0.2) is 12.1 Å². The lowest BCUT2D eigenvalue weighted by Gasteiger charge is -2.36. The zero-order chi connectivity index (χ0) is 19.5. The van der Waals surface area contributed by atoms with E-state index < -0.39 is 17.7 Å². The molecule has 0 radical (unpaired) electrons. The number of nitrogens with zero attached hydrogens (tertiary/aromatic N) is 2. The fourth-order valence-electron chi connectivity index (χ4n) is 2.66. The molecule has 7 nitrogen and oxygen atoms in total. The van der Waals surface area contributed by atoms with Crippen LogP contribution in [0, 0.1) is 6.92 Å². The summed E-state index contributed by atoms with van der Waals surface area (Å²) in [6, 6.07) is 3.10. The monoisotopic (exact) mass is 381 g/mol. The second-order valence-electron chi connectivity index (χ2n) is 7.40. The molecule has 0 aliphatic carbocycles. The zero-order valence-electron chi connectivity index (χ0n) is 16.0. The molecule has 1 aromatic heterocycles. The number of aryl methyl sites for hydroxylation is 1. The van der Waals surface area contributed by atoms with Crippen LogP contribution >= 0.6 is 11.3 Å². The molecule has 2 rings (SSSR count). The van der Waals surface area contributed by atoms with Crippen LogP contribution in [0.1, 0.15) is 42.2 Å². The Hall–Kier alpha value is -2.09. The number of rotatable bonds is 3. The van der Waals surface area contributed by atoms with Crippen molar-refractivity contribution in [2.24, 2.45) is 0 Å². The fourth-order valence-corrected chi connectivity index (χ4v) is 3.49. The van der Waals surface area contributed by atoms with Crippen LogP contribution in [-0.2, 0) is 9.53 Å². The summed E-state index contributed by atoms with van der Waals surface area (Å²) in [7, 11) is 0. The Morgan fingerprint density at radius 3 is 2.19 bits per heavy atom. The minimum Gasteiger partial charge on any atom is -0.444 e. The fraction of sp³-hybridized carbons (Fsp3) is 0.611. The second-order valence-corrected chi connectivity index (χ2v) is 8.68. The first-order chi connectivity index (χ1) is 12.1. The molecule has 1 atom stereocenters. The number of hydrogen-bond donors (Lipinski definition) is 1. The number of carbonyl (C=O) groups is 3. The molecule has 26 heavy (non-hydrogen) atoms. The summed E-state index contributed by atoms with van der Waals surface area (Å²) in [5.41, 5.74) is -0.612. The number of carbonyl (C=O) groups excluding carboxylic acids is 3. The molecule has 0 spiro atoms. The van der Waals surface area contributed by atoms with Gasteiger partial charge in [-0.3, -0.25) is 9.59 Å². The van der Waals surface area contributed by atoms with Crippen LogP contribution in [0.5, 0.6) is 0 Å². The highest BCUT2D eigenvalue weighted by Gasteiger charge is 2.29. The van der Waals surface area contributed by atoms with Gasteiger partial charge in [-0.1, -0.05) is 0 Å². The molecular weight excluding hydrogens is 354 g/mol. The van der Waals surface area contributed by atoms with Gasteiger partial charge in [0.25, 0.3) is 5.91 Å². The number of ether oxygens (including phenoxy) is 1. The highest BCUT2D eigenvalue weighted by atomic mass is 32.1. The lowest BCUT2D eigenvalue weighted by atomic mass is 10.2. The van der Waals surface area contributed by atoms with Gasteiger partial charge in [0.2, 0.25) is 5.91 Å². The van der Waals surface area contributed by atoms with Crippen LogP contribution in [0.4, 0.5) is 4.79 Å². The van der Waals surface area contributed by atoms with Gasteiger partial charge in [0.15, 0.2) is 0 Å². The maximum atomic E-state index is 12.5. The molecule has 8 heteroatoms. The predicted molar refractivity (Wildman–Crippen MR) is 100 cm³/mol. The van der Waals surface area contributed by atoms with Gasteiger partial charge < -0.3 is 19.9 Å². The van der Waals surface area contributed by atoms with Crippen LogP contribution in [0.25, 0.3) is 0 Å². The average Bonchev–Trinajstić information content (AvgIpc) is 2.98. The van der Waals surface area contributed by atoms with E-state index in [-0.39, 0.29) is 11.8 Å². The Kier molecular flexibility index (Phi) is 6.28. The maximum Gasteiger partial charge on any atom is 0.408 e. The SMILES string of the molecule is Cc1ccc(C(=O)N2CCN(C(=O)C(C)NC(=O)OC(C)(C)C)CC2)s1. The summed E-state index contributed by atoms with van der Waals surface area (Å²) in [4.78, 5) is 42.0. The predicted octanol–water partition coefficient (Wildman–Crippen LogP) is 2.25. The summed E-state index contributed by atoms with van der Waals surface area (Å²) in [6.45, 7) is 10.8. The van der Waals surface area contributed by atoms with Crippen LogP contribution in [-0.4, -0.2) is 65.5 Å². The Morgan fingerprint density at radius 2 is 1.69 bits per heavy atom. The topological polar surface area (TPSA) is 79.0 Å². The number of thiophene rings is 1. The normalized spacial score (nSPS) is 16.2. The van der Waals surface area contributed by atoms with Gasteiger partial charge >= 0.3 is 6.09 Å². The van der Waals surface area contributed by atoms with Gasteiger partial charge in [0, 0.05) is 31.1 Å². The summed E-state index contributed by atoms with van der Waals surface area (Å²) in [5.74, 6) is -0.162. The maximum absolute atomic E-state index is 12.5. The van der Waals surface area contributed by atoms with E-state index in [2.05, 4.69) is 5.32 Å². The zero-order valence-corrected chi connectivity index (χ0v) is 16.8. The molecule has 1 N–H and O–H groups in total. The molecule has 0 saturated carbocycles. The highest BCUT2D eigenvalue weighted by Crippen LogP contribution is 2.18. The molecule has 1 unspecified atom stereocenters. The Balaban J connectivity index is 1.84. The largest absolute Gasteiger partial charge is 0.444 e. The number of nitrogens with one attached hydrogen (secondary N) is 1. The van der Waals surface area contributed by atoms with Crippen molar-refractivity contribution >= 4 is 29.2 Å². The summed E-state index contributed by atoms with van der Waals surface area (Å²) in [5, 5.41) is 2.56. The van der Waals surface area contributed by atoms with E-state index in [1.807, 2.05) is 19.1 Å². The highest BCUT2D eigenvalue weighted by molar-refractivity contribution is 7.13. The van der Waals surface area contributed by atoms with E-state index in [1.165, 1.54) is 11.3 Å². The molecule has 1 aromatic rings. The third-order valence-electron chi connectivity index (χ3n) is 3.93. The number of piperazine rings is 1. The van der Waals surface area contributed by atoms with Crippen molar-refractivity contribution in [1.29, 1.82) is 0 Å². The minimum absolute atomic E-state index is 0.00938. The smallest absolute Gasteiger partial charge is 0.408 e. The molecule has 1 aliphatic rings. The minimum atomic E-state index is -0.674. The van der Waals surface area contributed by atoms with Gasteiger partial charge in [-0.25, -0.2) is 4.79 Å². The van der Waals surface area contributed by atoms with E-state index >= 15 is 0 Å². The first kappa shape index (κ1) is 20.2. The van der Waals surface area contributed by atoms with Crippen LogP contribution in [0.3, 0.4) is 0 Å². The van der Waals surface area contributed by atoms with E-state index in [9.17, 15) is 14.4 Å². The molecule has 144 valence electrons. The quantitative estimate of drug-likeness (QED) is 0.871. The van der Waals surface area contributed by atoms with E-state index in [4.69, 9.17) is 4.74 Å². The van der Waals surface area contributed by atoms with Gasteiger partial charge in [0.05, 0.1) is 4.88 Å². The van der Waals surface area contributed by atoms with Crippen molar-refractivity contribution < 1.29 is 19.1 Å². The third-order valence-corrected chi connectivity index (χ3v) is 4.92. The Labute approximate surface area is 158 Å². The van der Waals surface area contributed by atoms with Gasteiger partial charge in [-0.15, -0.1) is 11.3 Å². The van der Waals surface area contributed by atoms with Gasteiger partial charge in [-0.05, 0) is 46.8 Å². The molecule has 1 aliphatic heterocycles. The van der Waals surface area contributed by atoms with Crippen molar-refractivity contribution in [3.8, 4) is 0 Å². The number of alkyl carbamates (subject to hydrolysis) is 1. The van der Waals surface area contributed by atoms with Crippen molar-refractivity contribution in [3.63, 3.8) is 0 Å². The summed E-state index contributed by atoms with van der Waals surface area (Å²) < 4.78 is 5.17. The van der Waals surface area contributed by atoms with Crippen molar-refractivity contribution in [2.75, 3.05) is 26.2 Å². The lowest BCUT2D eigenvalue weighted by Crippen LogP contribution is -2.55. The summed E-state index contributed by atoms with van der Waals surface area (Å²) >= 11 is 1.48. The molecule has 3 amide bonds. The van der Waals surface area contributed by atoms with Crippen LogP contribution < -0.4 is 5.32 Å². The molecule has 1 fully saturated rings. The Bertz CT molecular complexity index is 672. The third kappa shape index (κ3) is 5.45. The molecule has 2 heterocycles. The first-order valence-corrected chi connectivity index (χ1v) is 9.52. The lowest BCUT2D eigenvalue weighted by molar-refractivity contribution is -0.134. The number of amides is 3. The molecular formula is C18H27N3O4S. The van der Waals surface area contributed by atoms with Crippen molar-refractivity contribution in [2.45, 2.75) is 46.3 Å². The van der Waals surface area contributed by atoms with Crippen LogP contribution in [0.2, 0.25) is 0 Å². The van der Waals surface area contributed by atoms with E-state index in [0.29, 0.717) is 26.2 Å². The van der Waals surface area contributed by atoms with Crippen molar-refractivity contribution in [3.05, 3.63) is 21.9 Å². The van der Waals surface area contributed by atoms with Gasteiger partial charge in [0.1, 0.15) is 11.6 Å². The standard InChI is InChI=1S/C18H27N3O4S/c1-12-6-7-14(26-12)16(23)21-10-8-20(9-11-21)15(22)13(2)19-17(24)25-18(3,4)5/h6-7,13H,8-11H2,1-5H3,(H,19,24). The first-order valence-electron chi connectivity index (χ1n) is 8.71. The average molecular weight is 381 g/mol. The van der Waals surface area contributed by atoms with Gasteiger partial charge in [-0.2, -0.15) is 0 Å². The molecule has 1 saturated heterocycles. The molecule has 0 bridgehead atoms. The van der Waals surface area contributed by atoms with Crippen molar-refractivity contribution in [1.82, 2.24) is 15.1 Å². The molecule has 0 aromatic carbocycles.